The van der Waals surface area contributed by atoms with Crippen LogP contribution >= 0.6 is 11.6 Å². The first-order valence-electron chi connectivity index (χ1n) is 5.78. The Hall–Kier alpha value is -2.14. The predicted octanol–water partition coefficient (Wildman–Crippen LogP) is 3.44. The van der Waals surface area contributed by atoms with Gasteiger partial charge in [0.25, 0.3) is 5.91 Å². The van der Waals surface area contributed by atoms with E-state index in [9.17, 15) is 9.18 Å². The van der Waals surface area contributed by atoms with Crippen molar-refractivity contribution in [1.29, 1.82) is 0 Å². The van der Waals surface area contributed by atoms with E-state index in [0.29, 0.717) is 17.0 Å². The average Bonchev–Trinajstić information content (AvgIpc) is 2.40. The molecule has 0 bridgehead atoms. The van der Waals surface area contributed by atoms with E-state index in [4.69, 9.17) is 16.3 Å². The van der Waals surface area contributed by atoms with Crippen LogP contribution in [-0.2, 0) is 0 Å². The molecule has 0 atom stereocenters. The maximum atomic E-state index is 13.6. The summed E-state index contributed by atoms with van der Waals surface area (Å²) in [6.07, 6.45) is 0. The minimum Gasteiger partial charge on any atom is -0.497 e. The number of aryl methyl sites for hydroxylation is 1. The van der Waals surface area contributed by atoms with Crippen molar-refractivity contribution in [2.24, 2.45) is 0 Å². The Morgan fingerprint density at radius 3 is 2.75 bits per heavy atom. The average molecular weight is 295 g/mol. The number of nitrogens with one attached hydrogen (secondary N) is 1. The Morgan fingerprint density at radius 1 is 1.35 bits per heavy atom. The van der Waals surface area contributed by atoms with E-state index in [0.717, 1.165) is 0 Å². The van der Waals surface area contributed by atoms with Crippen LogP contribution in [0, 0.1) is 12.7 Å². The molecule has 0 saturated carbocycles. The molecule has 1 amide bonds. The molecule has 0 spiro atoms. The van der Waals surface area contributed by atoms with E-state index in [-0.39, 0.29) is 10.8 Å². The monoisotopic (exact) mass is 294 g/mol. The maximum absolute atomic E-state index is 13.6. The summed E-state index contributed by atoms with van der Waals surface area (Å²) in [5.74, 6) is -0.564. The highest BCUT2D eigenvalue weighted by Gasteiger charge is 2.12. The zero-order valence-corrected chi connectivity index (χ0v) is 11.7. The first kappa shape index (κ1) is 14.3. The molecule has 20 heavy (non-hydrogen) atoms. The molecular formula is C14H12ClFN2O2. The van der Waals surface area contributed by atoms with Crippen LogP contribution < -0.4 is 10.1 Å². The second-order valence-electron chi connectivity index (χ2n) is 4.12. The lowest BCUT2D eigenvalue weighted by molar-refractivity contribution is 0.102. The number of benzene rings is 1. The van der Waals surface area contributed by atoms with Crippen LogP contribution in [0.25, 0.3) is 0 Å². The normalized spacial score (nSPS) is 10.2. The molecule has 0 saturated heterocycles. The number of rotatable bonds is 3. The van der Waals surface area contributed by atoms with Crippen LogP contribution in [-0.4, -0.2) is 18.0 Å². The van der Waals surface area contributed by atoms with Crippen molar-refractivity contribution in [2.45, 2.75) is 6.92 Å². The molecule has 2 aromatic rings. The molecule has 0 aliphatic carbocycles. The summed E-state index contributed by atoms with van der Waals surface area (Å²) in [5, 5.41) is 2.68. The molecule has 0 aliphatic rings. The zero-order valence-electron chi connectivity index (χ0n) is 10.9. The molecule has 1 N–H and O–H groups in total. The van der Waals surface area contributed by atoms with E-state index < -0.39 is 11.7 Å². The molecular weight excluding hydrogens is 283 g/mol. The van der Waals surface area contributed by atoms with Gasteiger partial charge in [-0.05, 0) is 31.2 Å². The third-order valence-electron chi connectivity index (χ3n) is 2.61. The first-order chi connectivity index (χ1) is 9.49. The van der Waals surface area contributed by atoms with E-state index >= 15 is 0 Å². The smallest absolute Gasteiger partial charge is 0.255 e. The molecule has 0 aliphatic heterocycles. The largest absolute Gasteiger partial charge is 0.497 e. The van der Waals surface area contributed by atoms with Gasteiger partial charge in [-0.15, -0.1) is 0 Å². The molecule has 2 rings (SSSR count). The maximum Gasteiger partial charge on any atom is 0.255 e. The lowest BCUT2D eigenvalue weighted by Crippen LogP contribution is -2.13. The summed E-state index contributed by atoms with van der Waals surface area (Å²) >= 11 is 5.79. The van der Waals surface area contributed by atoms with Crippen molar-refractivity contribution in [3.63, 3.8) is 0 Å². The summed E-state index contributed by atoms with van der Waals surface area (Å²) in [6, 6.07) is 7.09. The molecule has 6 heteroatoms. The number of hydrogen-bond acceptors (Lipinski definition) is 3. The Balaban J connectivity index is 2.27. The summed E-state index contributed by atoms with van der Waals surface area (Å²) < 4.78 is 18.6. The highest BCUT2D eigenvalue weighted by atomic mass is 35.5. The number of anilines is 1. The number of amides is 1. The van der Waals surface area contributed by atoms with Crippen LogP contribution in [0.1, 0.15) is 16.1 Å². The van der Waals surface area contributed by atoms with Gasteiger partial charge in [-0.25, -0.2) is 9.37 Å². The van der Waals surface area contributed by atoms with Crippen molar-refractivity contribution in [3.8, 4) is 5.75 Å². The van der Waals surface area contributed by atoms with Crippen molar-refractivity contribution in [1.82, 2.24) is 4.98 Å². The van der Waals surface area contributed by atoms with Gasteiger partial charge in [0.2, 0.25) is 0 Å². The minimum atomic E-state index is -0.545. The number of ether oxygens (including phenoxy) is 1. The topological polar surface area (TPSA) is 51.2 Å². The van der Waals surface area contributed by atoms with E-state index in [1.54, 1.807) is 13.0 Å². The van der Waals surface area contributed by atoms with Crippen molar-refractivity contribution in [3.05, 3.63) is 52.6 Å². The van der Waals surface area contributed by atoms with Crippen molar-refractivity contribution >= 4 is 23.2 Å². The van der Waals surface area contributed by atoms with E-state index in [2.05, 4.69) is 10.3 Å². The number of hydrogen-bond donors (Lipinski definition) is 1. The second kappa shape index (κ2) is 5.88. The molecule has 0 fully saturated rings. The molecule has 0 unspecified atom stereocenters. The Bertz CT molecular complexity index is 641. The third-order valence-corrected chi connectivity index (χ3v) is 2.80. The number of carbonyl (C=O) groups is 1. The van der Waals surface area contributed by atoms with Crippen LogP contribution in [0.4, 0.5) is 10.1 Å². The number of carbonyl (C=O) groups excluding carboxylic acids is 1. The van der Waals surface area contributed by atoms with E-state index in [1.807, 2.05) is 0 Å². The van der Waals surface area contributed by atoms with Crippen LogP contribution in [0.3, 0.4) is 0 Å². The Labute approximate surface area is 120 Å². The Kier molecular flexibility index (Phi) is 4.20. The number of aromatic nitrogens is 1. The van der Waals surface area contributed by atoms with Gasteiger partial charge >= 0.3 is 0 Å². The first-order valence-corrected chi connectivity index (χ1v) is 6.16. The fraction of sp³-hybridized carbons (Fsp3) is 0.143. The van der Waals surface area contributed by atoms with Gasteiger partial charge in [0.1, 0.15) is 16.7 Å². The highest BCUT2D eigenvalue weighted by Crippen LogP contribution is 2.22. The quantitative estimate of drug-likeness (QED) is 0.882. The van der Waals surface area contributed by atoms with Crippen molar-refractivity contribution in [2.75, 3.05) is 12.4 Å². The van der Waals surface area contributed by atoms with Crippen molar-refractivity contribution < 1.29 is 13.9 Å². The van der Waals surface area contributed by atoms with Gasteiger partial charge in [-0.1, -0.05) is 11.6 Å². The molecule has 4 nitrogen and oxygen atoms in total. The molecule has 1 heterocycles. The standard InChI is InChI=1S/C14H12ClFN2O2/c1-8-5-9(6-13(15)17-8)14(19)18-12-7-10(20-2)3-4-11(12)16/h3-7H,1-2H3,(H,18,19). The van der Waals surface area contributed by atoms with Gasteiger partial charge in [-0.3, -0.25) is 4.79 Å². The summed E-state index contributed by atoms with van der Waals surface area (Å²) in [6.45, 7) is 1.72. The number of halogens is 2. The lowest BCUT2D eigenvalue weighted by atomic mass is 10.2. The van der Waals surface area contributed by atoms with Crippen LogP contribution in [0.2, 0.25) is 5.15 Å². The molecule has 1 aromatic heterocycles. The second-order valence-corrected chi connectivity index (χ2v) is 4.51. The van der Waals surface area contributed by atoms with Gasteiger partial charge in [0.05, 0.1) is 12.8 Å². The third kappa shape index (κ3) is 3.24. The summed E-state index contributed by atoms with van der Waals surface area (Å²) in [7, 11) is 1.46. The van der Waals surface area contributed by atoms with Crippen LogP contribution in [0.15, 0.2) is 30.3 Å². The number of methoxy groups -OCH3 is 1. The van der Waals surface area contributed by atoms with Gasteiger partial charge in [0.15, 0.2) is 0 Å². The predicted molar refractivity (Wildman–Crippen MR) is 74.9 cm³/mol. The molecule has 104 valence electrons. The van der Waals surface area contributed by atoms with Gasteiger partial charge in [-0.2, -0.15) is 0 Å². The summed E-state index contributed by atoms with van der Waals surface area (Å²) in [5.41, 5.74) is 0.957. The Morgan fingerprint density at radius 2 is 2.10 bits per heavy atom. The highest BCUT2D eigenvalue weighted by molar-refractivity contribution is 6.29. The number of nitrogens with zero attached hydrogens (tertiary/aromatic N) is 1. The van der Waals surface area contributed by atoms with Crippen LogP contribution in [0.5, 0.6) is 5.75 Å². The molecule has 1 aromatic carbocycles. The number of pyridine rings is 1. The van der Waals surface area contributed by atoms with E-state index in [1.165, 1.54) is 31.4 Å². The fourth-order valence-electron chi connectivity index (χ4n) is 1.68. The fourth-order valence-corrected chi connectivity index (χ4v) is 1.93. The lowest BCUT2D eigenvalue weighted by Gasteiger charge is -2.09. The van der Waals surface area contributed by atoms with Gasteiger partial charge < -0.3 is 10.1 Å². The summed E-state index contributed by atoms with van der Waals surface area (Å²) in [4.78, 5) is 16.0. The zero-order chi connectivity index (χ0) is 14.7. The SMILES string of the molecule is COc1ccc(F)c(NC(=O)c2cc(C)nc(Cl)c2)c1. The minimum absolute atomic E-state index is 0.0416. The van der Waals surface area contributed by atoms with Gasteiger partial charge in [0, 0.05) is 17.3 Å². The molecule has 0 radical (unpaired) electrons.